The number of aromatic nitrogens is 4. The van der Waals surface area contributed by atoms with Gasteiger partial charge in [0, 0.05) is 18.8 Å². The SMILES string of the molecule is CNCCn1nnnc1SCCN(C)C. The van der Waals surface area contributed by atoms with Crippen molar-refractivity contribution in [3.05, 3.63) is 0 Å². The van der Waals surface area contributed by atoms with E-state index in [0.29, 0.717) is 0 Å². The second-order valence-corrected chi connectivity index (χ2v) is 4.50. The van der Waals surface area contributed by atoms with Crippen molar-refractivity contribution in [2.75, 3.05) is 40.0 Å². The van der Waals surface area contributed by atoms with Crippen molar-refractivity contribution in [3.63, 3.8) is 0 Å². The fraction of sp³-hybridized carbons (Fsp3) is 0.875. The summed E-state index contributed by atoms with van der Waals surface area (Å²) in [5.74, 6) is 1.01. The van der Waals surface area contributed by atoms with Gasteiger partial charge in [0.2, 0.25) is 5.16 Å². The molecule has 0 aliphatic carbocycles. The lowest BCUT2D eigenvalue weighted by Crippen LogP contribution is -2.17. The van der Waals surface area contributed by atoms with Crippen LogP contribution in [0.1, 0.15) is 0 Å². The van der Waals surface area contributed by atoms with Crippen LogP contribution in [-0.4, -0.2) is 65.1 Å². The van der Waals surface area contributed by atoms with Crippen molar-refractivity contribution < 1.29 is 0 Å². The van der Waals surface area contributed by atoms with Crippen LogP contribution in [0.25, 0.3) is 0 Å². The van der Waals surface area contributed by atoms with Crippen LogP contribution in [0, 0.1) is 0 Å². The van der Waals surface area contributed by atoms with Gasteiger partial charge in [-0.15, -0.1) is 5.10 Å². The smallest absolute Gasteiger partial charge is 0.209 e. The quantitative estimate of drug-likeness (QED) is 0.640. The minimum atomic E-state index is 0.813. The first-order valence-electron chi connectivity index (χ1n) is 4.92. The highest BCUT2D eigenvalue weighted by atomic mass is 32.2. The number of hydrogen-bond acceptors (Lipinski definition) is 6. The van der Waals surface area contributed by atoms with E-state index in [1.54, 1.807) is 11.8 Å². The van der Waals surface area contributed by atoms with E-state index in [0.717, 1.165) is 30.5 Å². The molecule has 1 aromatic rings. The van der Waals surface area contributed by atoms with E-state index >= 15 is 0 Å². The van der Waals surface area contributed by atoms with Crippen molar-refractivity contribution in [2.24, 2.45) is 0 Å². The van der Waals surface area contributed by atoms with Gasteiger partial charge < -0.3 is 10.2 Å². The lowest BCUT2D eigenvalue weighted by Gasteiger charge is -2.08. The third kappa shape index (κ3) is 4.59. The van der Waals surface area contributed by atoms with Crippen LogP contribution in [0.3, 0.4) is 0 Å². The summed E-state index contributed by atoms with van der Waals surface area (Å²) in [6, 6.07) is 0. The average molecular weight is 230 g/mol. The standard InChI is InChI=1S/C8H18N6S/c1-9-4-5-14-8(10-11-12-14)15-7-6-13(2)3/h9H,4-7H2,1-3H3. The van der Waals surface area contributed by atoms with E-state index in [1.165, 1.54) is 0 Å². The number of thioether (sulfide) groups is 1. The molecule has 0 aliphatic heterocycles. The first kappa shape index (κ1) is 12.4. The fourth-order valence-electron chi connectivity index (χ4n) is 0.977. The molecule has 0 radical (unpaired) electrons. The van der Waals surface area contributed by atoms with Crippen LogP contribution in [-0.2, 0) is 6.54 Å². The molecule has 0 fully saturated rings. The Bertz CT molecular complexity index is 274. The molecule has 7 heteroatoms. The zero-order valence-corrected chi connectivity index (χ0v) is 10.3. The molecule has 0 amide bonds. The Morgan fingerprint density at radius 2 is 2.27 bits per heavy atom. The van der Waals surface area contributed by atoms with Gasteiger partial charge in [-0.25, -0.2) is 4.68 Å². The van der Waals surface area contributed by atoms with E-state index in [4.69, 9.17) is 0 Å². The molecule has 1 aromatic heterocycles. The number of likely N-dealkylation sites (N-methyl/N-ethyl adjacent to an activating group) is 1. The van der Waals surface area contributed by atoms with Crippen LogP contribution >= 0.6 is 11.8 Å². The first-order chi connectivity index (χ1) is 7.24. The molecule has 0 saturated carbocycles. The van der Waals surface area contributed by atoms with Crippen molar-refractivity contribution in [3.8, 4) is 0 Å². The lowest BCUT2D eigenvalue weighted by molar-refractivity contribution is 0.437. The number of rotatable bonds is 7. The third-order valence-corrected chi connectivity index (χ3v) is 2.78. The number of nitrogens with zero attached hydrogens (tertiary/aromatic N) is 5. The maximum Gasteiger partial charge on any atom is 0.209 e. The van der Waals surface area contributed by atoms with E-state index < -0.39 is 0 Å². The van der Waals surface area contributed by atoms with Crippen molar-refractivity contribution in [1.29, 1.82) is 0 Å². The van der Waals surface area contributed by atoms with E-state index in [-0.39, 0.29) is 0 Å². The topological polar surface area (TPSA) is 58.9 Å². The van der Waals surface area contributed by atoms with Crippen molar-refractivity contribution in [1.82, 2.24) is 30.4 Å². The van der Waals surface area contributed by atoms with Gasteiger partial charge in [-0.3, -0.25) is 0 Å². The zero-order valence-electron chi connectivity index (χ0n) is 9.47. The Kier molecular flexibility index (Phi) is 5.59. The zero-order chi connectivity index (χ0) is 11.1. The van der Waals surface area contributed by atoms with Gasteiger partial charge in [0.1, 0.15) is 0 Å². The summed E-state index contributed by atoms with van der Waals surface area (Å²) in [6.45, 7) is 2.73. The first-order valence-corrected chi connectivity index (χ1v) is 5.91. The summed E-state index contributed by atoms with van der Waals surface area (Å²) in [4.78, 5) is 2.15. The lowest BCUT2D eigenvalue weighted by atomic mass is 10.6. The molecule has 0 aromatic carbocycles. The summed E-state index contributed by atoms with van der Waals surface area (Å²) in [7, 11) is 6.04. The highest BCUT2D eigenvalue weighted by Crippen LogP contribution is 2.12. The van der Waals surface area contributed by atoms with Gasteiger partial charge in [-0.1, -0.05) is 11.8 Å². The predicted octanol–water partition coefficient (Wildman–Crippen LogP) is -0.454. The Balaban J connectivity index is 2.35. The van der Waals surface area contributed by atoms with Gasteiger partial charge in [-0.2, -0.15) is 0 Å². The van der Waals surface area contributed by atoms with Gasteiger partial charge in [-0.05, 0) is 31.6 Å². The predicted molar refractivity (Wildman–Crippen MR) is 61.0 cm³/mol. The number of nitrogens with one attached hydrogen (secondary N) is 1. The molecule has 1 heterocycles. The van der Waals surface area contributed by atoms with Crippen LogP contribution < -0.4 is 5.32 Å². The highest BCUT2D eigenvalue weighted by molar-refractivity contribution is 7.99. The molecule has 86 valence electrons. The van der Waals surface area contributed by atoms with Gasteiger partial charge in [0.05, 0.1) is 6.54 Å². The largest absolute Gasteiger partial charge is 0.318 e. The molecule has 15 heavy (non-hydrogen) atoms. The molecule has 0 aliphatic rings. The molecule has 0 bridgehead atoms. The molecule has 1 N–H and O–H groups in total. The Hall–Kier alpha value is -0.660. The summed E-state index contributed by atoms with van der Waals surface area (Å²) < 4.78 is 1.83. The molecular formula is C8H18N6S. The molecule has 0 saturated heterocycles. The Morgan fingerprint density at radius 1 is 1.47 bits per heavy atom. The summed E-state index contributed by atoms with van der Waals surface area (Å²) >= 11 is 1.69. The maximum atomic E-state index is 3.98. The molecule has 1 rings (SSSR count). The van der Waals surface area contributed by atoms with Gasteiger partial charge >= 0.3 is 0 Å². The van der Waals surface area contributed by atoms with Crippen molar-refractivity contribution in [2.45, 2.75) is 11.7 Å². The minimum absolute atomic E-state index is 0.813. The summed E-state index contributed by atoms with van der Waals surface area (Å²) in [5.41, 5.74) is 0. The van der Waals surface area contributed by atoms with Gasteiger partial charge in [0.25, 0.3) is 0 Å². The summed E-state index contributed by atoms with van der Waals surface area (Å²) in [6.07, 6.45) is 0. The van der Waals surface area contributed by atoms with Crippen LogP contribution in [0.15, 0.2) is 5.16 Å². The molecule has 0 atom stereocenters. The average Bonchev–Trinajstić information content (AvgIpc) is 2.62. The third-order valence-electron chi connectivity index (χ3n) is 1.84. The number of hydrogen-bond donors (Lipinski definition) is 1. The second kappa shape index (κ2) is 6.76. The van der Waals surface area contributed by atoms with Crippen molar-refractivity contribution >= 4 is 11.8 Å². The number of tetrazole rings is 1. The van der Waals surface area contributed by atoms with Crippen LogP contribution in [0.5, 0.6) is 0 Å². The fourth-order valence-corrected chi connectivity index (χ4v) is 1.99. The minimum Gasteiger partial charge on any atom is -0.318 e. The van der Waals surface area contributed by atoms with Gasteiger partial charge in [0.15, 0.2) is 0 Å². The highest BCUT2D eigenvalue weighted by Gasteiger charge is 2.05. The maximum absolute atomic E-state index is 3.98. The Morgan fingerprint density at radius 3 is 2.93 bits per heavy atom. The monoisotopic (exact) mass is 230 g/mol. The normalized spacial score (nSPS) is 11.2. The molecule has 6 nitrogen and oxygen atoms in total. The molecule has 0 unspecified atom stereocenters. The Labute approximate surface area is 94.4 Å². The second-order valence-electron chi connectivity index (χ2n) is 3.44. The van der Waals surface area contributed by atoms with E-state index in [2.05, 4.69) is 39.8 Å². The molecular weight excluding hydrogens is 212 g/mol. The van der Waals surface area contributed by atoms with E-state index in [9.17, 15) is 0 Å². The van der Waals surface area contributed by atoms with Crippen LogP contribution in [0.4, 0.5) is 0 Å². The van der Waals surface area contributed by atoms with Crippen LogP contribution in [0.2, 0.25) is 0 Å². The molecule has 0 spiro atoms. The summed E-state index contributed by atoms with van der Waals surface area (Å²) in [5, 5.41) is 15.6. The van der Waals surface area contributed by atoms with E-state index in [1.807, 2.05) is 11.7 Å².